The van der Waals surface area contributed by atoms with Crippen molar-refractivity contribution in [1.82, 2.24) is 9.29 Å². The Balaban J connectivity index is 1.70. The third-order valence-corrected chi connectivity index (χ3v) is 5.38. The number of aromatic nitrogens is 1. The van der Waals surface area contributed by atoms with E-state index in [1.807, 2.05) is 48.5 Å². The summed E-state index contributed by atoms with van der Waals surface area (Å²) in [6.07, 6.45) is 4.21. The maximum atomic E-state index is 12.4. The van der Waals surface area contributed by atoms with Gasteiger partial charge in [0.15, 0.2) is 0 Å². The van der Waals surface area contributed by atoms with Crippen LogP contribution in [0.1, 0.15) is 23.6 Å². The Morgan fingerprint density at radius 3 is 2.59 bits per heavy atom. The fraction of sp³-hybridized carbons (Fsp3) is 0.235. The summed E-state index contributed by atoms with van der Waals surface area (Å²) in [7, 11) is -3.37. The second kappa shape index (κ2) is 6.42. The van der Waals surface area contributed by atoms with Gasteiger partial charge < -0.3 is 0 Å². The van der Waals surface area contributed by atoms with Gasteiger partial charge in [-0.2, -0.15) is 4.31 Å². The Kier molecular flexibility index (Phi) is 4.36. The Morgan fingerprint density at radius 1 is 1.09 bits per heavy atom. The van der Waals surface area contributed by atoms with Crippen LogP contribution in [0, 0.1) is 0 Å². The molecule has 1 aliphatic rings. The Bertz CT molecular complexity index is 743. The molecule has 2 heterocycles. The summed E-state index contributed by atoms with van der Waals surface area (Å²) in [4.78, 5) is 4.33. The zero-order valence-corrected chi connectivity index (χ0v) is 13.0. The van der Waals surface area contributed by atoms with Crippen LogP contribution in [0.4, 0.5) is 0 Å². The SMILES string of the molecule is O=S(=O)(/C=C/c1ccccc1)N1CC[C@@H](c2ccccn2)C1. The standard InChI is InChI=1S/C17H18N2O2S/c20-22(21,13-10-15-6-2-1-3-7-15)19-12-9-16(14-19)17-8-4-5-11-18-17/h1-8,10-11,13,16H,9,12,14H2/b13-10+/t16-/m1/s1. The van der Waals surface area contributed by atoms with E-state index in [-0.39, 0.29) is 5.92 Å². The van der Waals surface area contributed by atoms with Gasteiger partial charge in [-0.15, -0.1) is 0 Å². The summed E-state index contributed by atoms with van der Waals surface area (Å²) < 4.78 is 26.3. The molecule has 114 valence electrons. The van der Waals surface area contributed by atoms with Gasteiger partial charge in [-0.3, -0.25) is 4.98 Å². The molecule has 1 aromatic heterocycles. The molecule has 0 unspecified atom stereocenters. The summed E-state index contributed by atoms with van der Waals surface area (Å²) in [5.74, 6) is 0.182. The molecule has 0 N–H and O–H groups in total. The molecule has 0 radical (unpaired) electrons. The van der Waals surface area contributed by atoms with Crippen molar-refractivity contribution in [1.29, 1.82) is 0 Å². The molecule has 1 saturated heterocycles. The molecule has 1 atom stereocenters. The summed E-state index contributed by atoms with van der Waals surface area (Å²) >= 11 is 0. The van der Waals surface area contributed by atoms with E-state index in [1.54, 1.807) is 12.3 Å². The van der Waals surface area contributed by atoms with Crippen molar-refractivity contribution in [3.8, 4) is 0 Å². The van der Waals surface area contributed by atoms with E-state index >= 15 is 0 Å². The lowest BCUT2D eigenvalue weighted by atomic mass is 10.0. The summed E-state index contributed by atoms with van der Waals surface area (Å²) in [5, 5.41) is 1.29. The van der Waals surface area contributed by atoms with Crippen molar-refractivity contribution in [2.24, 2.45) is 0 Å². The molecule has 0 spiro atoms. The van der Waals surface area contributed by atoms with E-state index in [4.69, 9.17) is 0 Å². The Hall–Kier alpha value is -1.98. The second-order valence-electron chi connectivity index (χ2n) is 5.36. The fourth-order valence-electron chi connectivity index (χ4n) is 2.63. The van der Waals surface area contributed by atoms with Gasteiger partial charge in [-0.05, 0) is 30.2 Å². The van der Waals surface area contributed by atoms with Gasteiger partial charge >= 0.3 is 0 Å². The molecule has 5 heteroatoms. The van der Waals surface area contributed by atoms with Gasteiger partial charge in [0.1, 0.15) is 0 Å². The van der Waals surface area contributed by atoms with Crippen LogP contribution in [0.25, 0.3) is 6.08 Å². The highest BCUT2D eigenvalue weighted by Gasteiger charge is 2.31. The minimum atomic E-state index is -3.37. The van der Waals surface area contributed by atoms with Crippen LogP contribution in [0.2, 0.25) is 0 Å². The summed E-state index contributed by atoms with van der Waals surface area (Å²) in [5.41, 5.74) is 1.85. The minimum Gasteiger partial charge on any atom is -0.261 e. The first-order valence-corrected chi connectivity index (χ1v) is 8.80. The smallest absolute Gasteiger partial charge is 0.236 e. The lowest BCUT2D eigenvalue weighted by Crippen LogP contribution is -2.26. The highest BCUT2D eigenvalue weighted by molar-refractivity contribution is 7.92. The highest BCUT2D eigenvalue weighted by Crippen LogP contribution is 2.28. The van der Waals surface area contributed by atoms with Crippen LogP contribution < -0.4 is 0 Å². The summed E-state index contributed by atoms with van der Waals surface area (Å²) in [6.45, 7) is 1.04. The van der Waals surface area contributed by atoms with E-state index in [0.29, 0.717) is 13.1 Å². The number of hydrogen-bond acceptors (Lipinski definition) is 3. The molecule has 1 aliphatic heterocycles. The highest BCUT2D eigenvalue weighted by atomic mass is 32.2. The molecule has 1 fully saturated rings. The topological polar surface area (TPSA) is 50.3 Å². The van der Waals surface area contributed by atoms with Crippen molar-refractivity contribution in [2.75, 3.05) is 13.1 Å². The molecular weight excluding hydrogens is 296 g/mol. The van der Waals surface area contributed by atoms with Gasteiger partial charge in [0.2, 0.25) is 10.0 Å². The van der Waals surface area contributed by atoms with Gasteiger partial charge in [-0.25, -0.2) is 8.42 Å². The molecule has 22 heavy (non-hydrogen) atoms. The van der Waals surface area contributed by atoms with Crippen LogP contribution in [-0.2, 0) is 10.0 Å². The van der Waals surface area contributed by atoms with Gasteiger partial charge in [0.05, 0.1) is 0 Å². The number of pyridine rings is 1. The molecule has 0 aliphatic carbocycles. The number of rotatable bonds is 4. The van der Waals surface area contributed by atoms with Gasteiger partial charge in [0.25, 0.3) is 0 Å². The average molecular weight is 314 g/mol. The van der Waals surface area contributed by atoms with E-state index in [9.17, 15) is 8.42 Å². The monoisotopic (exact) mass is 314 g/mol. The van der Waals surface area contributed by atoms with Gasteiger partial charge in [-0.1, -0.05) is 36.4 Å². The molecule has 0 bridgehead atoms. The molecule has 1 aromatic carbocycles. The number of sulfonamides is 1. The van der Waals surface area contributed by atoms with Crippen molar-refractivity contribution in [2.45, 2.75) is 12.3 Å². The quantitative estimate of drug-likeness (QED) is 0.872. The molecule has 2 aromatic rings. The van der Waals surface area contributed by atoms with Crippen molar-refractivity contribution in [3.63, 3.8) is 0 Å². The third-order valence-electron chi connectivity index (χ3n) is 3.85. The van der Waals surface area contributed by atoms with Crippen LogP contribution >= 0.6 is 0 Å². The van der Waals surface area contributed by atoms with Crippen molar-refractivity contribution < 1.29 is 8.42 Å². The molecule has 0 amide bonds. The predicted molar refractivity (Wildman–Crippen MR) is 87.6 cm³/mol. The number of benzene rings is 1. The Morgan fingerprint density at radius 2 is 1.86 bits per heavy atom. The van der Waals surface area contributed by atoms with E-state index in [1.165, 1.54) is 9.71 Å². The van der Waals surface area contributed by atoms with Crippen molar-refractivity contribution >= 4 is 16.1 Å². The maximum Gasteiger partial charge on any atom is 0.236 e. The second-order valence-corrected chi connectivity index (χ2v) is 7.18. The van der Waals surface area contributed by atoms with Crippen LogP contribution in [0.3, 0.4) is 0 Å². The largest absolute Gasteiger partial charge is 0.261 e. The van der Waals surface area contributed by atoms with Crippen LogP contribution in [0.5, 0.6) is 0 Å². The number of hydrogen-bond donors (Lipinski definition) is 0. The zero-order valence-electron chi connectivity index (χ0n) is 12.2. The Labute approximate surface area is 131 Å². The summed E-state index contributed by atoms with van der Waals surface area (Å²) in [6, 6.07) is 15.2. The first-order valence-electron chi connectivity index (χ1n) is 7.29. The van der Waals surface area contributed by atoms with Crippen LogP contribution in [-0.4, -0.2) is 30.8 Å². The minimum absolute atomic E-state index is 0.182. The van der Waals surface area contributed by atoms with E-state index in [0.717, 1.165) is 17.7 Å². The lowest BCUT2D eigenvalue weighted by molar-refractivity contribution is 0.481. The van der Waals surface area contributed by atoms with E-state index in [2.05, 4.69) is 4.98 Å². The lowest BCUT2D eigenvalue weighted by Gasteiger charge is -2.13. The molecule has 3 rings (SSSR count). The van der Waals surface area contributed by atoms with Gasteiger partial charge in [0, 0.05) is 36.3 Å². The maximum absolute atomic E-state index is 12.4. The predicted octanol–water partition coefficient (Wildman–Crippen LogP) is 2.87. The van der Waals surface area contributed by atoms with E-state index < -0.39 is 10.0 Å². The molecule has 4 nitrogen and oxygen atoms in total. The molecule has 0 saturated carbocycles. The fourth-order valence-corrected chi connectivity index (χ4v) is 3.88. The van der Waals surface area contributed by atoms with Crippen molar-refractivity contribution in [3.05, 3.63) is 71.4 Å². The first-order chi connectivity index (χ1) is 10.6. The third kappa shape index (κ3) is 3.43. The average Bonchev–Trinajstić information content (AvgIpc) is 3.06. The first kappa shape index (κ1) is 14.9. The normalized spacial score (nSPS) is 19.7. The molecular formula is C17H18N2O2S. The number of nitrogens with zero attached hydrogens (tertiary/aromatic N) is 2. The zero-order chi connectivity index (χ0) is 15.4. The van der Waals surface area contributed by atoms with Crippen LogP contribution in [0.15, 0.2) is 60.1 Å².